The molecule has 0 saturated heterocycles. The van der Waals surface area contributed by atoms with E-state index in [9.17, 15) is 18.0 Å². The number of carbonyl (C=O) groups excluding carboxylic acids is 1. The fraction of sp³-hybridized carbons (Fsp3) is 0.333. The van der Waals surface area contributed by atoms with Crippen molar-refractivity contribution in [3.05, 3.63) is 23.6 Å². The lowest BCUT2D eigenvalue weighted by molar-refractivity contribution is -0.137. The van der Waals surface area contributed by atoms with Gasteiger partial charge in [0, 0.05) is 6.20 Å². The second kappa shape index (κ2) is 4.62. The molecule has 1 aliphatic heterocycles. The Balaban J connectivity index is 2.00. The zero-order chi connectivity index (χ0) is 15.2. The number of fused-ring (bicyclic) bond motifs is 3. The van der Waals surface area contributed by atoms with E-state index in [1.807, 2.05) is 0 Å². The van der Waals surface area contributed by atoms with Gasteiger partial charge in [-0.2, -0.15) is 13.2 Å². The van der Waals surface area contributed by atoms with E-state index in [1.165, 1.54) is 0 Å². The van der Waals surface area contributed by atoms with Gasteiger partial charge in [-0.3, -0.25) is 10.1 Å². The van der Waals surface area contributed by atoms with Gasteiger partial charge >= 0.3 is 6.18 Å². The molecule has 112 valence electrons. The summed E-state index contributed by atoms with van der Waals surface area (Å²) >= 11 is 0. The Morgan fingerprint density at radius 2 is 2.24 bits per heavy atom. The molecule has 3 rings (SSSR count). The van der Waals surface area contributed by atoms with Gasteiger partial charge in [0.2, 0.25) is 5.91 Å². The molecule has 0 aliphatic carbocycles. The number of furan rings is 1. The lowest BCUT2D eigenvalue weighted by Gasteiger charge is -2.10. The van der Waals surface area contributed by atoms with Gasteiger partial charge in [0.1, 0.15) is 12.6 Å². The summed E-state index contributed by atoms with van der Waals surface area (Å²) in [7, 11) is 0. The quantitative estimate of drug-likeness (QED) is 0.825. The van der Waals surface area contributed by atoms with Gasteiger partial charge in [-0.25, -0.2) is 4.98 Å². The summed E-state index contributed by atoms with van der Waals surface area (Å²) in [5.74, 6) is -0.0766. The topological polar surface area (TPSA) is 90.4 Å². The number of pyridine rings is 1. The Kier molecular flexibility index (Phi) is 3.01. The van der Waals surface area contributed by atoms with Crippen molar-refractivity contribution in [1.82, 2.24) is 10.3 Å². The molecule has 0 spiro atoms. The molecule has 2 aromatic rings. The number of alkyl halides is 3. The second-order valence-corrected chi connectivity index (χ2v) is 4.57. The molecule has 0 fully saturated rings. The third-order valence-electron chi connectivity index (χ3n) is 3.13. The van der Waals surface area contributed by atoms with Crippen LogP contribution in [0.15, 0.2) is 16.7 Å². The number of nitrogens with two attached hydrogens (primary N) is 1. The highest BCUT2D eigenvalue weighted by Crippen LogP contribution is 2.36. The fourth-order valence-electron chi connectivity index (χ4n) is 2.05. The van der Waals surface area contributed by atoms with Crippen molar-refractivity contribution in [2.45, 2.75) is 18.8 Å². The Labute approximate surface area is 116 Å². The summed E-state index contributed by atoms with van der Waals surface area (Å²) in [6.07, 6.45) is -3.78. The highest BCUT2D eigenvalue weighted by atomic mass is 19.4. The van der Waals surface area contributed by atoms with Crippen molar-refractivity contribution in [2.24, 2.45) is 5.73 Å². The van der Waals surface area contributed by atoms with Crippen molar-refractivity contribution >= 4 is 17.0 Å². The van der Waals surface area contributed by atoms with E-state index >= 15 is 0 Å². The Hall–Kier alpha value is -2.29. The van der Waals surface area contributed by atoms with Gasteiger partial charge < -0.3 is 14.9 Å². The molecule has 1 amide bonds. The van der Waals surface area contributed by atoms with Crippen LogP contribution in [-0.2, 0) is 17.5 Å². The van der Waals surface area contributed by atoms with Gasteiger partial charge in [0.05, 0.1) is 12.1 Å². The number of primary amides is 1. The largest absolute Gasteiger partial charge is 0.485 e. The number of hydrogen-bond donors (Lipinski definition) is 2. The molecule has 3 heterocycles. The molecular formula is C12H10F3N3O3. The Bertz CT molecular complexity index is 711. The molecule has 1 atom stereocenters. The molecule has 0 aromatic carbocycles. The van der Waals surface area contributed by atoms with Gasteiger partial charge in [0.15, 0.2) is 22.6 Å². The van der Waals surface area contributed by atoms with E-state index in [0.29, 0.717) is 6.20 Å². The van der Waals surface area contributed by atoms with E-state index < -0.39 is 23.7 Å². The van der Waals surface area contributed by atoms with Crippen LogP contribution >= 0.6 is 0 Å². The summed E-state index contributed by atoms with van der Waals surface area (Å²) in [6.45, 7) is 0.0698. The number of nitrogens with one attached hydrogen (secondary N) is 1. The van der Waals surface area contributed by atoms with E-state index in [2.05, 4.69) is 10.3 Å². The standard InChI is InChI=1S/C12H10F3N3O3/c13-12(14,15)5-1-7-9(18-2-5)10-8(21-7)3-17-6(4-20-10)11(16)19/h1-2,6,17H,3-4H2,(H2,16,19). The number of nitrogens with zero attached hydrogens (tertiary/aromatic N) is 1. The van der Waals surface area contributed by atoms with Crippen LogP contribution in [0, 0.1) is 0 Å². The third-order valence-corrected chi connectivity index (χ3v) is 3.13. The van der Waals surface area contributed by atoms with Crippen LogP contribution in [0.5, 0.6) is 5.75 Å². The Morgan fingerprint density at radius 3 is 2.90 bits per heavy atom. The molecule has 0 bridgehead atoms. The molecule has 6 nitrogen and oxygen atoms in total. The minimum Gasteiger partial charge on any atom is -0.485 e. The summed E-state index contributed by atoms with van der Waals surface area (Å²) in [4.78, 5) is 14.9. The van der Waals surface area contributed by atoms with Gasteiger partial charge in [0.25, 0.3) is 0 Å². The SMILES string of the molecule is NC(=O)C1COc2c(oc3cc(C(F)(F)F)cnc23)CN1. The number of ether oxygens (including phenoxy) is 1. The van der Waals surface area contributed by atoms with Crippen LogP contribution in [0.25, 0.3) is 11.1 Å². The van der Waals surface area contributed by atoms with Crippen LogP contribution in [0.1, 0.15) is 11.3 Å². The zero-order valence-corrected chi connectivity index (χ0v) is 10.5. The molecule has 3 N–H and O–H groups in total. The monoisotopic (exact) mass is 301 g/mol. The minimum atomic E-state index is -4.50. The summed E-state index contributed by atoms with van der Waals surface area (Å²) in [5, 5.41) is 2.80. The van der Waals surface area contributed by atoms with Crippen LogP contribution in [0.2, 0.25) is 0 Å². The van der Waals surface area contributed by atoms with Crippen molar-refractivity contribution in [3.8, 4) is 5.75 Å². The number of carbonyl (C=O) groups is 1. The van der Waals surface area contributed by atoms with Crippen molar-refractivity contribution in [1.29, 1.82) is 0 Å². The smallest absolute Gasteiger partial charge is 0.418 e. The second-order valence-electron chi connectivity index (χ2n) is 4.57. The van der Waals surface area contributed by atoms with Gasteiger partial charge in [-0.05, 0) is 6.07 Å². The van der Waals surface area contributed by atoms with Crippen LogP contribution < -0.4 is 15.8 Å². The predicted octanol–water partition coefficient (Wildman–Crippen LogP) is 1.18. The number of aromatic nitrogens is 1. The Morgan fingerprint density at radius 1 is 1.48 bits per heavy atom. The normalized spacial score (nSPS) is 18.9. The first kappa shape index (κ1) is 13.7. The highest BCUT2D eigenvalue weighted by molar-refractivity contribution is 5.83. The van der Waals surface area contributed by atoms with Crippen molar-refractivity contribution < 1.29 is 27.1 Å². The van der Waals surface area contributed by atoms with Crippen LogP contribution in [0.3, 0.4) is 0 Å². The first-order chi connectivity index (χ1) is 9.86. The van der Waals surface area contributed by atoms with Gasteiger partial charge in [-0.1, -0.05) is 0 Å². The van der Waals surface area contributed by atoms with Crippen LogP contribution in [0.4, 0.5) is 13.2 Å². The lowest BCUT2D eigenvalue weighted by Crippen LogP contribution is -2.43. The predicted molar refractivity (Wildman–Crippen MR) is 64.3 cm³/mol. The third kappa shape index (κ3) is 2.40. The average Bonchev–Trinajstić information content (AvgIpc) is 2.60. The molecule has 2 aromatic heterocycles. The molecular weight excluding hydrogens is 291 g/mol. The van der Waals surface area contributed by atoms with E-state index in [1.54, 1.807) is 0 Å². The maximum Gasteiger partial charge on any atom is 0.418 e. The number of rotatable bonds is 1. The first-order valence-electron chi connectivity index (χ1n) is 6.00. The minimum absolute atomic E-state index is 0.0193. The summed E-state index contributed by atoms with van der Waals surface area (Å²) < 4.78 is 48.6. The van der Waals surface area contributed by atoms with E-state index in [4.69, 9.17) is 14.9 Å². The van der Waals surface area contributed by atoms with Gasteiger partial charge in [-0.15, -0.1) is 0 Å². The lowest BCUT2D eigenvalue weighted by atomic mass is 10.2. The van der Waals surface area contributed by atoms with Crippen LogP contribution in [-0.4, -0.2) is 23.5 Å². The molecule has 1 aliphatic rings. The molecule has 21 heavy (non-hydrogen) atoms. The van der Waals surface area contributed by atoms with E-state index in [0.717, 1.165) is 6.07 Å². The molecule has 9 heteroatoms. The first-order valence-corrected chi connectivity index (χ1v) is 6.00. The molecule has 1 unspecified atom stereocenters. The summed E-state index contributed by atoms with van der Waals surface area (Å²) in [5.41, 5.74) is 4.43. The number of amides is 1. The van der Waals surface area contributed by atoms with Crippen molar-refractivity contribution in [3.63, 3.8) is 0 Å². The van der Waals surface area contributed by atoms with E-state index in [-0.39, 0.29) is 35.8 Å². The number of hydrogen-bond acceptors (Lipinski definition) is 5. The zero-order valence-electron chi connectivity index (χ0n) is 10.5. The summed E-state index contributed by atoms with van der Waals surface area (Å²) in [6, 6.07) is 0.170. The maximum atomic E-state index is 12.6. The average molecular weight is 301 g/mol. The highest BCUT2D eigenvalue weighted by Gasteiger charge is 2.33. The molecule has 0 saturated carbocycles. The molecule has 0 radical (unpaired) electrons. The number of halogens is 3. The maximum absolute atomic E-state index is 12.6. The fourth-order valence-corrected chi connectivity index (χ4v) is 2.05. The van der Waals surface area contributed by atoms with Crippen molar-refractivity contribution in [2.75, 3.05) is 6.61 Å².